The Morgan fingerprint density at radius 2 is 1.17 bits per heavy atom. The van der Waals surface area contributed by atoms with Crippen molar-refractivity contribution in [3.8, 4) is 5.75 Å². The molecule has 0 heterocycles. The molecule has 0 radical (unpaired) electrons. The molecule has 1 atom stereocenters. The summed E-state index contributed by atoms with van der Waals surface area (Å²) in [4.78, 5) is 0. The summed E-state index contributed by atoms with van der Waals surface area (Å²) in [6.45, 7) is 4.25. The van der Waals surface area contributed by atoms with Gasteiger partial charge in [0, 0.05) is 0 Å². The molecule has 24 heavy (non-hydrogen) atoms. The molecule has 0 aliphatic rings. The zero-order valence-corrected chi connectivity index (χ0v) is 15.1. The largest absolute Gasteiger partial charge is 0.491 e. The van der Waals surface area contributed by atoms with Crippen LogP contribution in [0.25, 0.3) is 0 Å². The molecule has 1 unspecified atom stereocenters. The van der Waals surface area contributed by atoms with Gasteiger partial charge < -0.3 is 4.74 Å². The highest BCUT2D eigenvalue weighted by Gasteiger charge is 2.16. The zero-order chi connectivity index (χ0) is 16.8. The Hall–Kier alpha value is -2.11. The molecule has 3 aromatic carbocycles. The third kappa shape index (κ3) is 4.04. The fourth-order valence-electron chi connectivity index (χ4n) is 2.59. The van der Waals surface area contributed by atoms with Crippen molar-refractivity contribution in [2.45, 2.75) is 26.4 Å². The predicted molar refractivity (Wildman–Crippen MR) is 106 cm³/mol. The van der Waals surface area contributed by atoms with E-state index in [0.717, 1.165) is 12.2 Å². The van der Waals surface area contributed by atoms with Gasteiger partial charge in [0.1, 0.15) is 5.75 Å². The maximum atomic E-state index is 5.92. The van der Waals surface area contributed by atoms with Crippen LogP contribution < -0.4 is 20.7 Å². The lowest BCUT2D eigenvalue weighted by Crippen LogP contribution is -2.20. The number of rotatable bonds is 6. The average Bonchev–Trinajstić information content (AvgIpc) is 2.65. The van der Waals surface area contributed by atoms with Gasteiger partial charge in [0.25, 0.3) is 0 Å². The molecule has 2 heteroatoms. The van der Waals surface area contributed by atoms with Crippen molar-refractivity contribution < 1.29 is 4.74 Å². The smallest absolute Gasteiger partial charge is 0.119 e. The molecule has 0 amide bonds. The summed E-state index contributed by atoms with van der Waals surface area (Å²) in [5.74, 6) is 0.948. The number of benzene rings is 3. The lowest BCUT2D eigenvalue weighted by atomic mass is 10.3. The molecular formula is C22H23OP. The summed E-state index contributed by atoms with van der Waals surface area (Å²) in [6, 6.07) is 30.1. The van der Waals surface area contributed by atoms with Crippen LogP contribution in [0.2, 0.25) is 0 Å². The average molecular weight is 334 g/mol. The molecule has 3 aromatic rings. The van der Waals surface area contributed by atoms with Crippen LogP contribution in [0.5, 0.6) is 5.75 Å². The normalized spacial score (nSPS) is 12.1. The SMILES string of the molecule is CCC(C)Oc1ccc(P(c2ccccc2)c2ccccc2)cc1. The minimum Gasteiger partial charge on any atom is -0.491 e. The van der Waals surface area contributed by atoms with Gasteiger partial charge in [-0.05, 0) is 49.3 Å². The van der Waals surface area contributed by atoms with E-state index in [1.165, 1.54) is 15.9 Å². The lowest BCUT2D eigenvalue weighted by molar-refractivity contribution is 0.217. The lowest BCUT2D eigenvalue weighted by Gasteiger charge is -2.20. The Morgan fingerprint density at radius 3 is 1.62 bits per heavy atom. The second kappa shape index (κ2) is 8.13. The maximum absolute atomic E-state index is 5.92. The molecule has 0 fully saturated rings. The van der Waals surface area contributed by atoms with Gasteiger partial charge in [-0.1, -0.05) is 79.7 Å². The van der Waals surface area contributed by atoms with Crippen LogP contribution in [0.4, 0.5) is 0 Å². The Kier molecular flexibility index (Phi) is 5.67. The Balaban J connectivity index is 1.94. The van der Waals surface area contributed by atoms with Gasteiger partial charge in [-0.3, -0.25) is 0 Å². The van der Waals surface area contributed by atoms with Crippen LogP contribution in [0.15, 0.2) is 84.9 Å². The highest BCUT2D eigenvalue weighted by Crippen LogP contribution is 2.33. The minimum absolute atomic E-state index is 0.251. The first-order chi connectivity index (χ1) is 11.8. The first kappa shape index (κ1) is 16.7. The quantitative estimate of drug-likeness (QED) is 0.598. The van der Waals surface area contributed by atoms with E-state index in [9.17, 15) is 0 Å². The fraction of sp³-hybridized carbons (Fsp3) is 0.182. The standard InChI is InChI=1S/C22H23OP/c1-3-18(2)23-19-14-16-22(17-15-19)24(20-10-6-4-7-11-20)21-12-8-5-9-13-21/h4-18H,3H2,1-2H3. The number of hydrogen-bond donors (Lipinski definition) is 0. The van der Waals surface area contributed by atoms with Gasteiger partial charge in [0.2, 0.25) is 0 Å². The van der Waals surface area contributed by atoms with Crippen LogP contribution in [0, 0.1) is 0 Å². The van der Waals surface area contributed by atoms with Crippen molar-refractivity contribution in [1.82, 2.24) is 0 Å². The summed E-state index contributed by atoms with van der Waals surface area (Å²) in [5.41, 5.74) is 0. The van der Waals surface area contributed by atoms with Crippen molar-refractivity contribution in [3.63, 3.8) is 0 Å². The Morgan fingerprint density at radius 1 is 0.708 bits per heavy atom. The number of ether oxygens (including phenoxy) is 1. The molecule has 0 spiro atoms. The highest BCUT2D eigenvalue weighted by atomic mass is 31.1. The third-order valence-electron chi connectivity index (χ3n) is 4.04. The second-order valence-electron chi connectivity index (χ2n) is 5.84. The van der Waals surface area contributed by atoms with Gasteiger partial charge in [-0.25, -0.2) is 0 Å². The summed E-state index contributed by atoms with van der Waals surface area (Å²) in [5, 5.41) is 4.09. The van der Waals surface area contributed by atoms with Crippen LogP contribution in [-0.2, 0) is 0 Å². The van der Waals surface area contributed by atoms with Crippen LogP contribution in [-0.4, -0.2) is 6.10 Å². The topological polar surface area (TPSA) is 9.23 Å². The van der Waals surface area contributed by atoms with Crippen LogP contribution in [0.3, 0.4) is 0 Å². The van der Waals surface area contributed by atoms with Gasteiger partial charge in [0.15, 0.2) is 0 Å². The summed E-state index contributed by atoms with van der Waals surface area (Å²) in [7, 11) is -0.538. The summed E-state index contributed by atoms with van der Waals surface area (Å²) >= 11 is 0. The van der Waals surface area contributed by atoms with E-state index in [4.69, 9.17) is 4.74 Å². The molecule has 1 nitrogen and oxygen atoms in total. The van der Waals surface area contributed by atoms with Crippen molar-refractivity contribution in [3.05, 3.63) is 84.9 Å². The van der Waals surface area contributed by atoms with E-state index >= 15 is 0 Å². The predicted octanol–water partition coefficient (Wildman–Crippen LogP) is 4.62. The van der Waals surface area contributed by atoms with Crippen molar-refractivity contribution >= 4 is 23.8 Å². The van der Waals surface area contributed by atoms with Crippen LogP contribution in [0.1, 0.15) is 20.3 Å². The van der Waals surface area contributed by atoms with Gasteiger partial charge in [0.05, 0.1) is 6.10 Å². The van der Waals surface area contributed by atoms with Crippen molar-refractivity contribution in [1.29, 1.82) is 0 Å². The highest BCUT2D eigenvalue weighted by molar-refractivity contribution is 7.79. The molecule has 0 N–H and O–H groups in total. The molecular weight excluding hydrogens is 311 g/mol. The zero-order valence-electron chi connectivity index (χ0n) is 14.2. The van der Waals surface area contributed by atoms with E-state index in [1.807, 2.05) is 0 Å². The first-order valence-electron chi connectivity index (χ1n) is 8.45. The van der Waals surface area contributed by atoms with Crippen LogP contribution >= 0.6 is 7.92 Å². The molecule has 0 bridgehead atoms. The van der Waals surface area contributed by atoms with Gasteiger partial charge in [-0.15, -0.1) is 0 Å². The van der Waals surface area contributed by atoms with Crippen molar-refractivity contribution in [2.75, 3.05) is 0 Å². The van der Waals surface area contributed by atoms with Crippen molar-refractivity contribution in [2.24, 2.45) is 0 Å². The molecule has 122 valence electrons. The minimum atomic E-state index is -0.538. The van der Waals surface area contributed by atoms with Gasteiger partial charge in [-0.2, -0.15) is 0 Å². The second-order valence-corrected chi connectivity index (χ2v) is 8.06. The number of hydrogen-bond acceptors (Lipinski definition) is 1. The summed E-state index contributed by atoms with van der Waals surface area (Å²) < 4.78 is 5.92. The summed E-state index contributed by atoms with van der Waals surface area (Å²) in [6.07, 6.45) is 1.27. The third-order valence-corrected chi connectivity index (χ3v) is 6.48. The van der Waals surface area contributed by atoms with E-state index in [1.54, 1.807) is 0 Å². The van der Waals surface area contributed by atoms with Gasteiger partial charge >= 0.3 is 0 Å². The monoisotopic (exact) mass is 334 g/mol. The maximum Gasteiger partial charge on any atom is 0.119 e. The van der Waals surface area contributed by atoms with E-state index in [-0.39, 0.29) is 6.10 Å². The molecule has 0 aromatic heterocycles. The fourth-order valence-corrected chi connectivity index (χ4v) is 4.87. The molecule has 0 aliphatic heterocycles. The Bertz CT molecular complexity index is 698. The van der Waals surface area contributed by atoms with E-state index < -0.39 is 7.92 Å². The van der Waals surface area contributed by atoms with E-state index in [2.05, 4.69) is 98.8 Å². The Labute approximate surface area is 146 Å². The molecule has 0 aliphatic carbocycles. The van der Waals surface area contributed by atoms with E-state index in [0.29, 0.717) is 0 Å². The molecule has 3 rings (SSSR count). The molecule has 0 saturated heterocycles. The molecule has 0 saturated carbocycles. The first-order valence-corrected chi connectivity index (χ1v) is 9.79.